The summed E-state index contributed by atoms with van der Waals surface area (Å²) >= 11 is 0. The van der Waals surface area contributed by atoms with Crippen molar-refractivity contribution >= 4 is 18.0 Å². The minimum absolute atomic E-state index is 0.0376. The van der Waals surface area contributed by atoms with Crippen LogP contribution in [0.15, 0.2) is 78.9 Å². The van der Waals surface area contributed by atoms with E-state index in [0.29, 0.717) is 0 Å². The zero-order chi connectivity index (χ0) is 27.3. The summed E-state index contributed by atoms with van der Waals surface area (Å²) in [6.07, 6.45) is -7.06. The standard InChI is InChI=1S/C28H25F3N2O5/c1-37-25(35)27(28(29,30)31,15-18-9-3-2-4-10-18)33-24(34)16-32-26(36)38-17-23-21-13-7-5-11-19(21)20-12-6-8-14-22(20)23/h2-14,23H,15-17H2,1H3,(H,32,36)(H,33,34)/t27-/m1/s1. The molecule has 0 saturated heterocycles. The number of fused-ring (bicyclic) bond motifs is 3. The Kier molecular flexibility index (Phi) is 7.70. The van der Waals surface area contributed by atoms with E-state index in [1.165, 1.54) is 24.3 Å². The lowest BCUT2D eigenvalue weighted by atomic mass is 9.89. The van der Waals surface area contributed by atoms with Gasteiger partial charge in [0.25, 0.3) is 0 Å². The van der Waals surface area contributed by atoms with E-state index in [1.54, 1.807) is 11.4 Å². The molecule has 3 aromatic carbocycles. The molecule has 2 amide bonds. The highest BCUT2D eigenvalue weighted by molar-refractivity contribution is 5.91. The Bertz CT molecular complexity index is 1280. The molecule has 1 aliphatic carbocycles. The SMILES string of the molecule is COC(=O)[C@@](Cc1ccccc1)(NC(=O)CNC(=O)OCC1c2ccccc2-c2ccccc21)C(F)(F)F. The molecule has 0 unspecified atom stereocenters. The topological polar surface area (TPSA) is 93.7 Å². The molecule has 10 heteroatoms. The highest BCUT2D eigenvalue weighted by Crippen LogP contribution is 2.44. The van der Waals surface area contributed by atoms with Crippen molar-refractivity contribution in [1.29, 1.82) is 0 Å². The van der Waals surface area contributed by atoms with Gasteiger partial charge in [0.2, 0.25) is 11.4 Å². The van der Waals surface area contributed by atoms with Gasteiger partial charge in [0.1, 0.15) is 13.2 Å². The van der Waals surface area contributed by atoms with Gasteiger partial charge in [-0.15, -0.1) is 0 Å². The maximum atomic E-state index is 14.2. The molecule has 0 saturated carbocycles. The number of alkyl carbamates (subject to hydrolysis) is 1. The van der Waals surface area contributed by atoms with Crippen LogP contribution in [0.3, 0.4) is 0 Å². The summed E-state index contributed by atoms with van der Waals surface area (Å²) in [6.45, 7) is -0.885. The molecular formula is C28H25F3N2O5. The van der Waals surface area contributed by atoms with Gasteiger partial charge < -0.3 is 20.1 Å². The monoisotopic (exact) mass is 526 g/mol. The number of hydrogen-bond donors (Lipinski definition) is 2. The lowest BCUT2D eigenvalue weighted by Crippen LogP contribution is -2.66. The molecule has 38 heavy (non-hydrogen) atoms. The Morgan fingerprint density at radius 2 is 1.39 bits per heavy atom. The van der Waals surface area contributed by atoms with Crippen LogP contribution in [0.1, 0.15) is 22.6 Å². The Morgan fingerprint density at radius 3 is 1.95 bits per heavy atom. The van der Waals surface area contributed by atoms with Gasteiger partial charge in [-0.2, -0.15) is 13.2 Å². The zero-order valence-corrected chi connectivity index (χ0v) is 20.4. The first kappa shape index (κ1) is 26.7. The van der Waals surface area contributed by atoms with E-state index < -0.39 is 42.7 Å². The molecule has 0 radical (unpaired) electrons. The fraction of sp³-hybridized carbons (Fsp3) is 0.250. The first-order valence-corrected chi connectivity index (χ1v) is 11.7. The predicted molar refractivity (Wildman–Crippen MR) is 132 cm³/mol. The van der Waals surface area contributed by atoms with E-state index in [-0.39, 0.29) is 18.1 Å². The van der Waals surface area contributed by atoms with Gasteiger partial charge in [-0.25, -0.2) is 9.59 Å². The minimum Gasteiger partial charge on any atom is -0.467 e. The number of amides is 2. The van der Waals surface area contributed by atoms with E-state index in [2.05, 4.69) is 10.1 Å². The van der Waals surface area contributed by atoms with Crippen molar-refractivity contribution in [3.05, 3.63) is 95.6 Å². The van der Waals surface area contributed by atoms with E-state index in [1.807, 2.05) is 48.5 Å². The van der Waals surface area contributed by atoms with Crippen molar-refractivity contribution in [2.45, 2.75) is 24.1 Å². The fourth-order valence-electron chi connectivity index (χ4n) is 4.61. The Balaban J connectivity index is 1.40. The number of carbonyl (C=O) groups is 3. The number of ether oxygens (including phenoxy) is 2. The summed E-state index contributed by atoms with van der Waals surface area (Å²) in [5, 5.41) is 3.90. The van der Waals surface area contributed by atoms with Crippen LogP contribution in [0.25, 0.3) is 11.1 Å². The molecule has 3 aromatic rings. The third kappa shape index (κ3) is 5.34. The number of benzene rings is 3. The maximum Gasteiger partial charge on any atom is 0.422 e. The van der Waals surface area contributed by atoms with Crippen LogP contribution in [-0.4, -0.2) is 49.9 Å². The van der Waals surface area contributed by atoms with E-state index in [0.717, 1.165) is 29.4 Å². The van der Waals surface area contributed by atoms with Gasteiger partial charge in [0.05, 0.1) is 7.11 Å². The molecule has 7 nitrogen and oxygen atoms in total. The number of hydrogen-bond acceptors (Lipinski definition) is 5. The lowest BCUT2D eigenvalue weighted by Gasteiger charge is -2.34. The van der Waals surface area contributed by atoms with Gasteiger partial charge in [-0.1, -0.05) is 78.9 Å². The van der Waals surface area contributed by atoms with Gasteiger partial charge in [0.15, 0.2) is 0 Å². The Morgan fingerprint density at radius 1 is 0.842 bits per heavy atom. The average Bonchev–Trinajstić information content (AvgIpc) is 3.23. The maximum absolute atomic E-state index is 14.2. The van der Waals surface area contributed by atoms with Crippen LogP contribution < -0.4 is 10.6 Å². The van der Waals surface area contributed by atoms with Gasteiger partial charge in [0, 0.05) is 12.3 Å². The molecule has 1 aliphatic rings. The van der Waals surface area contributed by atoms with Crippen LogP contribution >= 0.6 is 0 Å². The molecule has 198 valence electrons. The van der Waals surface area contributed by atoms with Crippen molar-refractivity contribution in [2.24, 2.45) is 0 Å². The lowest BCUT2D eigenvalue weighted by molar-refractivity contribution is -0.212. The Hall–Kier alpha value is -4.34. The molecule has 0 bridgehead atoms. The normalized spacial score (nSPS) is 14.0. The van der Waals surface area contributed by atoms with Crippen LogP contribution in [0, 0.1) is 0 Å². The van der Waals surface area contributed by atoms with Crippen molar-refractivity contribution in [2.75, 3.05) is 20.3 Å². The van der Waals surface area contributed by atoms with Crippen LogP contribution in [0.4, 0.5) is 18.0 Å². The second-order valence-electron chi connectivity index (χ2n) is 8.78. The highest BCUT2D eigenvalue weighted by atomic mass is 19.4. The van der Waals surface area contributed by atoms with E-state index >= 15 is 0 Å². The largest absolute Gasteiger partial charge is 0.467 e. The first-order valence-electron chi connectivity index (χ1n) is 11.7. The van der Waals surface area contributed by atoms with E-state index in [9.17, 15) is 27.6 Å². The highest BCUT2D eigenvalue weighted by Gasteiger charge is 2.62. The number of methoxy groups -OCH3 is 1. The molecule has 0 heterocycles. The quantitative estimate of drug-likeness (QED) is 0.426. The summed E-state index contributed by atoms with van der Waals surface area (Å²) in [5.41, 5.74) is 0.826. The molecule has 4 rings (SSSR count). The predicted octanol–water partition coefficient (Wildman–Crippen LogP) is 4.36. The van der Waals surface area contributed by atoms with Crippen LogP contribution in [0.2, 0.25) is 0 Å². The average molecular weight is 527 g/mol. The summed E-state index contributed by atoms with van der Waals surface area (Å²) in [7, 11) is 0.801. The molecule has 2 N–H and O–H groups in total. The number of alkyl halides is 3. The van der Waals surface area contributed by atoms with E-state index in [4.69, 9.17) is 4.74 Å². The molecule has 1 atom stereocenters. The first-order chi connectivity index (χ1) is 18.2. The number of rotatable bonds is 8. The summed E-state index contributed by atoms with van der Waals surface area (Å²) < 4.78 is 52.2. The van der Waals surface area contributed by atoms with Crippen molar-refractivity contribution < 1.29 is 37.0 Å². The second-order valence-corrected chi connectivity index (χ2v) is 8.78. The molecule has 0 fully saturated rings. The van der Waals surface area contributed by atoms with Gasteiger partial charge >= 0.3 is 18.2 Å². The zero-order valence-electron chi connectivity index (χ0n) is 20.4. The second kappa shape index (κ2) is 11.0. The Labute approximate surface area is 216 Å². The van der Waals surface area contributed by atoms with Gasteiger partial charge in [-0.05, 0) is 27.8 Å². The van der Waals surface area contributed by atoms with Crippen LogP contribution in [-0.2, 0) is 25.5 Å². The smallest absolute Gasteiger partial charge is 0.422 e. The molecule has 0 aromatic heterocycles. The van der Waals surface area contributed by atoms with Crippen molar-refractivity contribution in [3.8, 4) is 11.1 Å². The molecular weight excluding hydrogens is 501 g/mol. The van der Waals surface area contributed by atoms with Crippen molar-refractivity contribution in [3.63, 3.8) is 0 Å². The summed E-state index contributed by atoms with van der Waals surface area (Å²) in [4.78, 5) is 37.2. The molecule has 0 spiro atoms. The summed E-state index contributed by atoms with van der Waals surface area (Å²) in [5.74, 6) is -3.15. The third-order valence-corrected chi connectivity index (χ3v) is 6.42. The summed E-state index contributed by atoms with van der Waals surface area (Å²) in [6, 6.07) is 22.8. The number of nitrogens with one attached hydrogen (secondary N) is 2. The van der Waals surface area contributed by atoms with Crippen molar-refractivity contribution in [1.82, 2.24) is 10.6 Å². The number of halogens is 3. The number of carbonyl (C=O) groups excluding carboxylic acids is 3. The molecule has 0 aliphatic heterocycles. The fourth-order valence-corrected chi connectivity index (χ4v) is 4.61. The minimum atomic E-state index is -5.19. The third-order valence-electron chi connectivity index (χ3n) is 6.42. The van der Waals surface area contributed by atoms with Crippen LogP contribution in [0.5, 0.6) is 0 Å². The van der Waals surface area contributed by atoms with Gasteiger partial charge in [-0.3, -0.25) is 4.79 Å². The number of esters is 1.